The van der Waals surface area contributed by atoms with Gasteiger partial charge in [-0.1, -0.05) is 55.4 Å². The lowest BCUT2D eigenvalue weighted by atomic mass is 10.0. The lowest BCUT2D eigenvalue weighted by Crippen LogP contribution is -2.32. The van der Waals surface area contributed by atoms with Gasteiger partial charge in [0.15, 0.2) is 0 Å². The van der Waals surface area contributed by atoms with Crippen molar-refractivity contribution in [1.82, 2.24) is 5.32 Å². The van der Waals surface area contributed by atoms with Crippen LogP contribution in [0.25, 0.3) is 0 Å². The zero-order valence-electron chi connectivity index (χ0n) is 21.4. The van der Waals surface area contributed by atoms with E-state index in [9.17, 15) is 14.9 Å². The standard InChI is InChI=1S/C30H31N3O3S/c1-4-5-7-22-10-12-23(13-11-22)17-27-29(35)33(24-14-9-20(2)21(3)16-24)30(37-27)26(18-31)28(34)32-19-25-8-6-15-36-25/h6,8-16,27H,4-5,7,17,19H2,1-3H3,(H,32,34)/b30-26-. The number of hydrogen-bond donors (Lipinski definition) is 1. The molecular formula is C30H31N3O3S. The predicted octanol–water partition coefficient (Wildman–Crippen LogP) is 5.98. The molecule has 2 amide bonds. The van der Waals surface area contributed by atoms with E-state index in [1.807, 2.05) is 32.0 Å². The second-order valence-corrected chi connectivity index (χ2v) is 10.4. The van der Waals surface area contributed by atoms with E-state index < -0.39 is 11.2 Å². The molecular weight excluding hydrogens is 482 g/mol. The first-order chi connectivity index (χ1) is 17.9. The summed E-state index contributed by atoms with van der Waals surface area (Å²) in [7, 11) is 0. The van der Waals surface area contributed by atoms with Gasteiger partial charge in [-0.3, -0.25) is 14.5 Å². The molecule has 0 radical (unpaired) electrons. The molecule has 1 atom stereocenters. The third-order valence-electron chi connectivity index (χ3n) is 6.52. The molecule has 1 aliphatic heterocycles. The number of carbonyl (C=O) groups is 2. The number of hydrogen-bond acceptors (Lipinski definition) is 5. The van der Waals surface area contributed by atoms with Crippen molar-refractivity contribution in [3.63, 3.8) is 0 Å². The van der Waals surface area contributed by atoms with Crippen molar-refractivity contribution in [3.05, 3.63) is 99.5 Å². The molecule has 1 unspecified atom stereocenters. The summed E-state index contributed by atoms with van der Waals surface area (Å²) in [4.78, 5) is 28.3. The van der Waals surface area contributed by atoms with Gasteiger partial charge in [0.1, 0.15) is 22.4 Å². The fourth-order valence-corrected chi connectivity index (χ4v) is 5.50. The third kappa shape index (κ3) is 6.15. The van der Waals surface area contributed by atoms with E-state index in [0.29, 0.717) is 22.9 Å². The number of carbonyl (C=O) groups excluding carboxylic acids is 2. The summed E-state index contributed by atoms with van der Waals surface area (Å²) in [5, 5.41) is 12.7. The average Bonchev–Trinajstić information content (AvgIpc) is 3.53. The molecule has 0 saturated carbocycles. The van der Waals surface area contributed by atoms with Crippen LogP contribution in [-0.2, 0) is 29.0 Å². The molecule has 2 aromatic carbocycles. The van der Waals surface area contributed by atoms with Gasteiger partial charge in [-0.05, 0) is 79.6 Å². The van der Waals surface area contributed by atoms with Crippen molar-refractivity contribution >= 4 is 29.3 Å². The van der Waals surface area contributed by atoms with Crippen molar-refractivity contribution < 1.29 is 14.0 Å². The Morgan fingerprint density at radius 3 is 2.51 bits per heavy atom. The summed E-state index contributed by atoms with van der Waals surface area (Å²) in [5.41, 5.74) is 5.04. The highest BCUT2D eigenvalue weighted by Gasteiger charge is 2.40. The van der Waals surface area contributed by atoms with Crippen LogP contribution in [-0.4, -0.2) is 17.1 Å². The van der Waals surface area contributed by atoms with Crippen LogP contribution < -0.4 is 10.2 Å². The number of thioether (sulfide) groups is 1. The van der Waals surface area contributed by atoms with E-state index in [0.717, 1.165) is 36.0 Å². The highest BCUT2D eigenvalue weighted by molar-refractivity contribution is 8.05. The van der Waals surface area contributed by atoms with E-state index in [-0.39, 0.29) is 18.0 Å². The molecule has 0 spiro atoms. The van der Waals surface area contributed by atoms with Crippen molar-refractivity contribution in [2.75, 3.05) is 4.90 Å². The van der Waals surface area contributed by atoms with Crippen LogP contribution in [0.4, 0.5) is 5.69 Å². The van der Waals surface area contributed by atoms with Gasteiger partial charge >= 0.3 is 0 Å². The molecule has 1 aromatic heterocycles. The van der Waals surface area contributed by atoms with Crippen molar-refractivity contribution in [2.24, 2.45) is 0 Å². The van der Waals surface area contributed by atoms with E-state index in [4.69, 9.17) is 4.42 Å². The number of amides is 2. The predicted molar refractivity (Wildman–Crippen MR) is 147 cm³/mol. The van der Waals surface area contributed by atoms with Gasteiger partial charge in [0.05, 0.1) is 18.1 Å². The second kappa shape index (κ2) is 12.0. The van der Waals surface area contributed by atoms with Crippen molar-refractivity contribution in [3.8, 4) is 6.07 Å². The number of nitrogens with zero attached hydrogens (tertiary/aromatic N) is 2. The minimum atomic E-state index is -0.538. The summed E-state index contributed by atoms with van der Waals surface area (Å²) in [6, 6.07) is 19.7. The van der Waals surface area contributed by atoms with E-state index in [1.165, 1.54) is 28.5 Å². The van der Waals surface area contributed by atoms with Gasteiger partial charge in [-0.25, -0.2) is 0 Å². The largest absolute Gasteiger partial charge is 0.467 e. The van der Waals surface area contributed by atoms with Crippen LogP contribution in [0.3, 0.4) is 0 Å². The Morgan fingerprint density at radius 2 is 1.86 bits per heavy atom. The topological polar surface area (TPSA) is 86.3 Å². The lowest BCUT2D eigenvalue weighted by Gasteiger charge is -2.20. The molecule has 1 aliphatic rings. The Bertz CT molecular complexity index is 1340. The van der Waals surface area contributed by atoms with Gasteiger partial charge in [-0.15, -0.1) is 0 Å². The molecule has 37 heavy (non-hydrogen) atoms. The zero-order valence-corrected chi connectivity index (χ0v) is 22.2. The highest BCUT2D eigenvalue weighted by Crippen LogP contribution is 2.42. The lowest BCUT2D eigenvalue weighted by molar-refractivity contribution is -0.117. The van der Waals surface area contributed by atoms with Crippen LogP contribution >= 0.6 is 11.8 Å². The van der Waals surface area contributed by atoms with E-state index >= 15 is 0 Å². The van der Waals surface area contributed by atoms with Crippen LogP contribution in [0.15, 0.2) is 75.9 Å². The summed E-state index contributed by atoms with van der Waals surface area (Å²) in [5.74, 6) is -0.0917. The summed E-state index contributed by atoms with van der Waals surface area (Å²) in [6.45, 7) is 6.32. The zero-order chi connectivity index (χ0) is 26.4. The molecule has 4 rings (SSSR count). The van der Waals surface area contributed by atoms with Crippen molar-refractivity contribution in [1.29, 1.82) is 5.26 Å². The first-order valence-electron chi connectivity index (χ1n) is 12.5. The Labute approximate surface area is 222 Å². The maximum absolute atomic E-state index is 13.7. The number of rotatable bonds is 9. The fourth-order valence-electron chi connectivity index (χ4n) is 4.19. The van der Waals surface area contributed by atoms with Gasteiger partial charge in [0.25, 0.3) is 5.91 Å². The molecule has 1 fully saturated rings. The van der Waals surface area contributed by atoms with Crippen LogP contribution in [0.1, 0.15) is 47.8 Å². The monoisotopic (exact) mass is 513 g/mol. The molecule has 7 heteroatoms. The SMILES string of the molecule is CCCCc1ccc(CC2S/C(=C(/C#N)C(=O)NCc3ccco3)N(c3ccc(C)c(C)c3)C2=O)cc1. The Balaban J connectivity index is 1.64. The quantitative estimate of drug-likeness (QED) is 0.281. The van der Waals surface area contributed by atoms with Crippen LogP contribution in [0, 0.1) is 25.2 Å². The number of anilines is 1. The smallest absolute Gasteiger partial charge is 0.265 e. The molecule has 1 saturated heterocycles. The maximum Gasteiger partial charge on any atom is 0.265 e. The fraction of sp³-hybridized carbons (Fsp3) is 0.300. The van der Waals surface area contributed by atoms with Crippen LogP contribution in [0.5, 0.6) is 0 Å². The Hall–Kier alpha value is -3.76. The Morgan fingerprint density at radius 1 is 1.11 bits per heavy atom. The van der Waals surface area contributed by atoms with Gasteiger partial charge < -0.3 is 9.73 Å². The number of aryl methyl sites for hydroxylation is 3. The summed E-state index contributed by atoms with van der Waals surface area (Å²) >= 11 is 1.28. The number of nitriles is 1. The minimum Gasteiger partial charge on any atom is -0.467 e. The molecule has 3 aromatic rings. The summed E-state index contributed by atoms with van der Waals surface area (Å²) in [6.07, 6.45) is 5.37. The number of unbranched alkanes of at least 4 members (excludes halogenated alkanes) is 1. The van der Waals surface area contributed by atoms with Gasteiger partial charge in [0, 0.05) is 5.69 Å². The van der Waals surface area contributed by atoms with Crippen LogP contribution in [0.2, 0.25) is 0 Å². The van der Waals surface area contributed by atoms with E-state index in [1.54, 1.807) is 12.1 Å². The average molecular weight is 514 g/mol. The van der Waals surface area contributed by atoms with Gasteiger partial charge in [-0.2, -0.15) is 5.26 Å². The molecule has 190 valence electrons. The first-order valence-corrected chi connectivity index (χ1v) is 13.4. The minimum absolute atomic E-state index is 0.0828. The molecule has 6 nitrogen and oxygen atoms in total. The number of benzene rings is 2. The molecule has 0 aliphatic carbocycles. The number of nitrogens with one attached hydrogen (secondary N) is 1. The first kappa shape index (κ1) is 26.3. The summed E-state index contributed by atoms with van der Waals surface area (Å²) < 4.78 is 5.28. The molecule has 2 heterocycles. The highest BCUT2D eigenvalue weighted by atomic mass is 32.2. The van der Waals surface area contributed by atoms with Gasteiger partial charge in [0.2, 0.25) is 5.91 Å². The molecule has 0 bridgehead atoms. The normalized spacial score (nSPS) is 16.5. The third-order valence-corrected chi connectivity index (χ3v) is 7.78. The number of furan rings is 1. The van der Waals surface area contributed by atoms with Crippen molar-refractivity contribution in [2.45, 2.75) is 58.2 Å². The second-order valence-electron chi connectivity index (χ2n) is 9.23. The Kier molecular flexibility index (Phi) is 8.52. The maximum atomic E-state index is 13.7. The molecule has 1 N–H and O–H groups in total. The van der Waals surface area contributed by atoms with E-state index in [2.05, 4.69) is 42.6 Å².